The summed E-state index contributed by atoms with van der Waals surface area (Å²) in [5.74, 6) is 6.39. The van der Waals surface area contributed by atoms with Crippen LogP contribution in [0.25, 0.3) is 0 Å². The maximum Gasteiger partial charge on any atom is 0.303 e. The SMILES string of the molecule is C=C(N=C(ON)c1ccc(OC(C)C)c(C#N)c1)C1=C2OCCN(CCCCC(=O)O)CC2CC=C1. The largest absolute Gasteiger partial charge is 0.496 e. The van der Waals surface area contributed by atoms with Crippen molar-refractivity contribution in [2.45, 2.75) is 45.6 Å². The van der Waals surface area contributed by atoms with Crippen molar-refractivity contribution in [2.75, 3.05) is 26.2 Å². The van der Waals surface area contributed by atoms with Crippen molar-refractivity contribution in [2.24, 2.45) is 16.8 Å². The number of hydrogen-bond acceptors (Lipinski definition) is 8. The minimum Gasteiger partial charge on any atom is -0.496 e. The van der Waals surface area contributed by atoms with Gasteiger partial charge in [0.1, 0.15) is 24.2 Å². The minimum atomic E-state index is -0.759. The first kappa shape index (κ1) is 27.0. The molecule has 0 bridgehead atoms. The summed E-state index contributed by atoms with van der Waals surface area (Å²) in [6.07, 6.45) is 6.49. The summed E-state index contributed by atoms with van der Waals surface area (Å²) in [6, 6.07) is 7.19. The lowest BCUT2D eigenvalue weighted by Gasteiger charge is -2.26. The van der Waals surface area contributed by atoms with Crippen LogP contribution in [0.15, 0.2) is 59.0 Å². The van der Waals surface area contributed by atoms with Crippen LogP contribution >= 0.6 is 0 Å². The molecule has 1 fully saturated rings. The first-order valence-electron chi connectivity index (χ1n) is 12.2. The van der Waals surface area contributed by atoms with Gasteiger partial charge < -0.3 is 19.4 Å². The van der Waals surface area contributed by atoms with Crippen molar-refractivity contribution in [3.63, 3.8) is 0 Å². The summed E-state index contributed by atoms with van der Waals surface area (Å²) in [5, 5.41) is 18.4. The summed E-state index contributed by atoms with van der Waals surface area (Å²) < 4.78 is 11.8. The van der Waals surface area contributed by atoms with E-state index < -0.39 is 5.97 Å². The molecule has 0 amide bonds. The molecule has 36 heavy (non-hydrogen) atoms. The number of carboxylic acid groups (broad SMARTS) is 1. The Morgan fingerprint density at radius 2 is 2.22 bits per heavy atom. The topological polar surface area (TPSA) is 130 Å². The van der Waals surface area contributed by atoms with Gasteiger partial charge in [0.15, 0.2) is 0 Å². The fraction of sp³-hybridized carbons (Fsp3) is 0.444. The van der Waals surface area contributed by atoms with Crippen molar-refractivity contribution in [1.82, 2.24) is 4.90 Å². The van der Waals surface area contributed by atoms with Crippen LogP contribution in [0.3, 0.4) is 0 Å². The maximum absolute atomic E-state index is 10.8. The number of hydrogen-bond donors (Lipinski definition) is 2. The number of benzene rings is 1. The Labute approximate surface area is 212 Å². The van der Waals surface area contributed by atoms with Gasteiger partial charge in [0, 0.05) is 36.6 Å². The van der Waals surface area contributed by atoms with E-state index in [1.807, 2.05) is 19.9 Å². The van der Waals surface area contributed by atoms with Gasteiger partial charge >= 0.3 is 5.97 Å². The van der Waals surface area contributed by atoms with Gasteiger partial charge in [0.2, 0.25) is 5.90 Å². The zero-order valence-electron chi connectivity index (χ0n) is 20.9. The number of ether oxygens (including phenoxy) is 2. The molecule has 192 valence electrons. The van der Waals surface area contributed by atoms with Crippen LogP contribution in [0.2, 0.25) is 0 Å². The molecule has 1 unspecified atom stereocenters. The van der Waals surface area contributed by atoms with Gasteiger partial charge in [0.05, 0.1) is 17.4 Å². The van der Waals surface area contributed by atoms with E-state index in [0.29, 0.717) is 35.6 Å². The van der Waals surface area contributed by atoms with Gasteiger partial charge in [-0.15, -0.1) is 0 Å². The standard InChI is InChI=1S/C27H34N4O5/c1-18(2)35-24-11-10-20(15-22(24)16-28)27(36-29)30-19(3)23-8-6-7-21-17-31(13-14-34-26(21)23)12-5-4-9-25(32)33/h6,8,10-11,15,18,21H,3-5,7,9,12-14,17,29H2,1-2H3,(H,32,33). The van der Waals surface area contributed by atoms with Gasteiger partial charge in [-0.3, -0.25) is 9.69 Å². The summed E-state index contributed by atoms with van der Waals surface area (Å²) in [5.41, 5.74) is 2.12. The molecule has 9 heteroatoms. The molecule has 2 aliphatic rings. The monoisotopic (exact) mass is 494 g/mol. The van der Waals surface area contributed by atoms with E-state index in [9.17, 15) is 10.1 Å². The average molecular weight is 495 g/mol. The van der Waals surface area contributed by atoms with Gasteiger partial charge in [0.25, 0.3) is 0 Å². The molecule has 1 heterocycles. The third-order valence-corrected chi connectivity index (χ3v) is 5.97. The van der Waals surface area contributed by atoms with Crippen molar-refractivity contribution in [3.8, 4) is 11.8 Å². The lowest BCUT2D eigenvalue weighted by atomic mass is 9.92. The fourth-order valence-corrected chi connectivity index (χ4v) is 4.30. The molecular formula is C27H34N4O5. The number of fused-ring (bicyclic) bond motifs is 1. The van der Waals surface area contributed by atoms with E-state index in [0.717, 1.165) is 43.8 Å². The summed E-state index contributed by atoms with van der Waals surface area (Å²) in [7, 11) is 0. The molecule has 3 rings (SSSR count). The molecule has 1 aliphatic carbocycles. The highest BCUT2D eigenvalue weighted by atomic mass is 16.6. The Morgan fingerprint density at radius 1 is 1.42 bits per heavy atom. The van der Waals surface area contributed by atoms with Crippen LogP contribution in [0.5, 0.6) is 5.75 Å². The molecule has 1 atom stereocenters. The molecule has 1 saturated heterocycles. The predicted molar refractivity (Wildman–Crippen MR) is 136 cm³/mol. The van der Waals surface area contributed by atoms with Crippen LogP contribution in [-0.2, 0) is 14.4 Å². The molecule has 0 radical (unpaired) electrons. The van der Waals surface area contributed by atoms with Crippen molar-refractivity contribution >= 4 is 11.9 Å². The smallest absolute Gasteiger partial charge is 0.303 e. The number of unbranched alkanes of at least 4 members (excludes halogenated alkanes) is 1. The molecule has 3 N–H and O–H groups in total. The van der Waals surface area contributed by atoms with Gasteiger partial charge in [-0.1, -0.05) is 18.7 Å². The summed E-state index contributed by atoms with van der Waals surface area (Å²) in [6.45, 7) is 10.9. The number of nitrogens with zero attached hydrogens (tertiary/aromatic N) is 3. The van der Waals surface area contributed by atoms with Gasteiger partial charge in [-0.2, -0.15) is 11.2 Å². The number of nitrogens with two attached hydrogens (primary N) is 1. The minimum absolute atomic E-state index is 0.0682. The average Bonchev–Trinajstić information content (AvgIpc) is 3.06. The number of allylic oxidation sites excluding steroid dienone is 2. The van der Waals surface area contributed by atoms with Crippen LogP contribution in [-0.4, -0.2) is 54.2 Å². The third kappa shape index (κ3) is 7.20. The molecular weight excluding hydrogens is 460 g/mol. The zero-order chi connectivity index (χ0) is 26.1. The maximum atomic E-state index is 10.8. The summed E-state index contributed by atoms with van der Waals surface area (Å²) >= 11 is 0. The van der Waals surface area contributed by atoms with E-state index in [2.05, 4.69) is 28.6 Å². The Balaban J connectivity index is 1.78. The Morgan fingerprint density at radius 3 is 2.92 bits per heavy atom. The van der Waals surface area contributed by atoms with Gasteiger partial charge in [-0.25, -0.2) is 4.99 Å². The third-order valence-electron chi connectivity index (χ3n) is 5.97. The molecule has 1 aliphatic heterocycles. The lowest BCUT2D eigenvalue weighted by Crippen LogP contribution is -2.31. The highest BCUT2D eigenvalue weighted by Crippen LogP contribution is 2.33. The lowest BCUT2D eigenvalue weighted by molar-refractivity contribution is -0.137. The van der Waals surface area contributed by atoms with Crippen molar-refractivity contribution in [3.05, 3.63) is 65.1 Å². The number of carbonyl (C=O) groups is 1. The number of nitriles is 1. The molecule has 9 nitrogen and oxygen atoms in total. The van der Waals surface area contributed by atoms with E-state index in [-0.39, 0.29) is 24.3 Å². The van der Waals surface area contributed by atoms with Gasteiger partial charge in [-0.05, 0) is 57.9 Å². The molecule has 0 spiro atoms. The summed E-state index contributed by atoms with van der Waals surface area (Å²) in [4.78, 5) is 22.7. The second-order valence-corrected chi connectivity index (χ2v) is 9.08. The fourth-order valence-electron chi connectivity index (χ4n) is 4.30. The number of carboxylic acids is 1. The molecule has 1 aromatic rings. The van der Waals surface area contributed by atoms with E-state index in [1.54, 1.807) is 18.2 Å². The number of aliphatic carboxylic acids is 1. The predicted octanol–water partition coefficient (Wildman–Crippen LogP) is 3.91. The first-order valence-corrected chi connectivity index (χ1v) is 12.2. The van der Waals surface area contributed by atoms with E-state index in [4.69, 9.17) is 25.3 Å². The highest BCUT2D eigenvalue weighted by Gasteiger charge is 2.28. The van der Waals surface area contributed by atoms with Crippen molar-refractivity contribution in [1.29, 1.82) is 5.26 Å². The second-order valence-electron chi connectivity index (χ2n) is 9.08. The Hall–Kier alpha value is -3.61. The highest BCUT2D eigenvalue weighted by molar-refractivity contribution is 5.95. The van der Waals surface area contributed by atoms with Crippen LogP contribution in [0, 0.1) is 17.2 Å². The van der Waals surface area contributed by atoms with Crippen LogP contribution in [0.1, 0.15) is 50.7 Å². The quantitative estimate of drug-likeness (QED) is 0.217. The van der Waals surface area contributed by atoms with E-state index >= 15 is 0 Å². The van der Waals surface area contributed by atoms with Crippen LogP contribution in [0.4, 0.5) is 0 Å². The zero-order valence-corrected chi connectivity index (χ0v) is 20.9. The Kier molecular flexibility index (Phi) is 9.68. The second kappa shape index (κ2) is 12.9. The number of rotatable bonds is 10. The molecule has 1 aromatic carbocycles. The Bertz CT molecular complexity index is 1100. The van der Waals surface area contributed by atoms with Crippen LogP contribution < -0.4 is 10.6 Å². The molecule has 0 aromatic heterocycles. The van der Waals surface area contributed by atoms with Crippen molar-refractivity contribution < 1.29 is 24.2 Å². The molecule has 0 saturated carbocycles. The normalized spacial score (nSPS) is 18.2. The first-order chi connectivity index (χ1) is 17.3. The number of aliphatic imine (C=N–C) groups is 1. The van der Waals surface area contributed by atoms with E-state index in [1.165, 1.54) is 0 Å².